The van der Waals surface area contributed by atoms with E-state index in [2.05, 4.69) is 137 Å². The Morgan fingerprint density at radius 3 is 0.778 bits per heavy atom. The summed E-state index contributed by atoms with van der Waals surface area (Å²) < 4.78 is 0. The van der Waals surface area contributed by atoms with E-state index in [1.54, 1.807) is 24.9 Å². The van der Waals surface area contributed by atoms with Crippen molar-refractivity contribution in [1.82, 2.24) is 0 Å². The van der Waals surface area contributed by atoms with Crippen LogP contribution in [-0.2, 0) is 16.2 Å². The largest absolute Gasteiger partial charge is 0.507 e. The predicted molar refractivity (Wildman–Crippen MR) is 340 cm³/mol. The third-order valence-electron chi connectivity index (χ3n) is 14.6. The highest BCUT2D eigenvalue weighted by atomic mass is 16.3. The first-order chi connectivity index (χ1) is 38.5. The van der Waals surface area contributed by atoms with Crippen LogP contribution in [0, 0.1) is 0 Å². The third-order valence-corrected chi connectivity index (χ3v) is 14.6. The summed E-state index contributed by atoms with van der Waals surface area (Å²) >= 11 is 0. The van der Waals surface area contributed by atoms with Crippen molar-refractivity contribution < 1.29 is 20.4 Å². The van der Waals surface area contributed by atoms with Gasteiger partial charge in [-0.15, -0.1) is 0 Å². The van der Waals surface area contributed by atoms with E-state index in [4.69, 9.17) is 20.0 Å². The highest BCUT2D eigenvalue weighted by molar-refractivity contribution is 5.97. The summed E-state index contributed by atoms with van der Waals surface area (Å²) in [5, 5.41) is 44.7. The van der Waals surface area contributed by atoms with E-state index in [0.717, 1.165) is 89.5 Å². The molecule has 0 radical (unpaired) electrons. The van der Waals surface area contributed by atoms with Crippen molar-refractivity contribution in [3.63, 3.8) is 0 Å². The molecule has 81 heavy (non-hydrogen) atoms. The van der Waals surface area contributed by atoms with Crippen LogP contribution in [-0.4, -0.2) is 45.3 Å². The average molecular weight is 1070 g/mol. The van der Waals surface area contributed by atoms with Gasteiger partial charge < -0.3 is 20.4 Å². The molecule has 0 bridgehead atoms. The highest BCUT2D eigenvalue weighted by Gasteiger charge is 2.23. The second-order valence-corrected chi connectivity index (χ2v) is 24.1. The molecule has 4 N–H and O–H groups in total. The molecule has 0 atom stereocenters. The van der Waals surface area contributed by atoms with Crippen molar-refractivity contribution in [3.05, 3.63) is 226 Å². The smallest absolute Gasteiger partial charge is 0.128 e. The lowest BCUT2D eigenvalue weighted by atomic mass is 9.85. The molecule has 0 unspecified atom stereocenters. The van der Waals surface area contributed by atoms with Crippen LogP contribution >= 0.6 is 0 Å². The van der Waals surface area contributed by atoms with Crippen LogP contribution in [0.25, 0.3) is 44.5 Å². The Bertz CT molecular complexity index is 3850. The van der Waals surface area contributed by atoms with Crippen LogP contribution in [0.2, 0.25) is 0 Å². The molecule has 8 nitrogen and oxygen atoms in total. The molecule has 0 fully saturated rings. The Morgan fingerprint density at radius 1 is 0.309 bits per heavy atom. The third kappa shape index (κ3) is 13.0. The number of aromatic hydroxyl groups is 4. The SMILES string of the molecule is CC(C)c1cccc(C=Nc2ccc(-c3cc(-c4ccc(N=Cc5cccc(C(C)(C)C)c5O)cc4)c(-c4ccc(N=Cc5cccc(C(C)(C)C)c5O)cc4)cc3-c3ccc(N=Cc4cccc(C(C)(C)C)c4O)cc3)cc2)c1O. The molecule has 8 heteroatoms. The number of phenolic OH excluding ortho intramolecular Hbond substituents is 4. The number of benzene rings is 9. The van der Waals surface area contributed by atoms with Gasteiger partial charge in [0.25, 0.3) is 0 Å². The van der Waals surface area contributed by atoms with Gasteiger partial charge in [-0.25, -0.2) is 0 Å². The van der Waals surface area contributed by atoms with Gasteiger partial charge in [0, 0.05) is 47.1 Å². The minimum absolute atomic E-state index is 0.165. The first-order valence-corrected chi connectivity index (χ1v) is 27.6. The van der Waals surface area contributed by atoms with E-state index in [1.165, 1.54) is 0 Å². The maximum atomic E-state index is 11.2. The van der Waals surface area contributed by atoms with Crippen molar-refractivity contribution in [2.75, 3.05) is 0 Å². The number of nitrogens with zero attached hydrogens (tertiary/aromatic N) is 4. The molecule has 0 aliphatic heterocycles. The lowest BCUT2D eigenvalue weighted by Crippen LogP contribution is -2.11. The molecule has 0 saturated carbocycles. The van der Waals surface area contributed by atoms with Crippen LogP contribution in [0.15, 0.2) is 202 Å². The number of aliphatic imine (C=N–C) groups is 4. The Labute approximate surface area is 478 Å². The Hall–Kier alpha value is -9.14. The molecule has 0 spiro atoms. The first-order valence-electron chi connectivity index (χ1n) is 27.6. The summed E-state index contributed by atoms with van der Waals surface area (Å²) in [5.74, 6) is 1.09. The number of phenols is 4. The number of hydrogen-bond acceptors (Lipinski definition) is 8. The molecule has 9 aromatic rings. The van der Waals surface area contributed by atoms with Crippen molar-refractivity contribution in [3.8, 4) is 67.5 Å². The van der Waals surface area contributed by atoms with Gasteiger partial charge in [0.05, 0.1) is 22.7 Å². The summed E-state index contributed by atoms with van der Waals surface area (Å²) in [7, 11) is 0. The summed E-state index contributed by atoms with van der Waals surface area (Å²) in [5.41, 5.74) is 16.1. The lowest BCUT2D eigenvalue weighted by molar-refractivity contribution is 0.445. The average Bonchev–Trinajstić information content (AvgIpc) is 3.43. The van der Waals surface area contributed by atoms with Crippen molar-refractivity contribution in [2.24, 2.45) is 20.0 Å². The van der Waals surface area contributed by atoms with Crippen LogP contribution in [0.5, 0.6) is 23.0 Å². The van der Waals surface area contributed by atoms with Gasteiger partial charge in [0.2, 0.25) is 0 Å². The molecule has 0 heterocycles. The first kappa shape index (κ1) is 56.6. The molecule has 0 aromatic heterocycles. The fourth-order valence-corrected chi connectivity index (χ4v) is 10.0. The van der Waals surface area contributed by atoms with Gasteiger partial charge in [0.15, 0.2) is 0 Å². The fourth-order valence-electron chi connectivity index (χ4n) is 10.0. The summed E-state index contributed by atoms with van der Waals surface area (Å²) in [6, 6.07) is 60.2. The molecule has 0 aliphatic carbocycles. The van der Waals surface area contributed by atoms with Crippen molar-refractivity contribution >= 4 is 47.6 Å². The summed E-state index contributed by atoms with van der Waals surface area (Å²) in [6.07, 6.45) is 6.86. The van der Waals surface area contributed by atoms with Gasteiger partial charge in [-0.1, -0.05) is 173 Å². The zero-order valence-electron chi connectivity index (χ0n) is 48.3. The van der Waals surface area contributed by atoms with E-state index in [9.17, 15) is 20.4 Å². The van der Waals surface area contributed by atoms with E-state index < -0.39 is 0 Å². The van der Waals surface area contributed by atoms with Gasteiger partial charge >= 0.3 is 0 Å². The van der Waals surface area contributed by atoms with Crippen molar-refractivity contribution in [1.29, 1.82) is 0 Å². The molecule has 0 amide bonds. The molecule has 0 aliphatic rings. The minimum atomic E-state index is -0.234. The van der Waals surface area contributed by atoms with Crippen molar-refractivity contribution in [2.45, 2.75) is 98.3 Å². The summed E-state index contributed by atoms with van der Waals surface area (Å²) in [4.78, 5) is 19.3. The second-order valence-electron chi connectivity index (χ2n) is 24.1. The maximum absolute atomic E-state index is 11.2. The molecular weight excluding hydrogens is 997 g/mol. The quantitative estimate of drug-likeness (QED) is 0.0857. The highest BCUT2D eigenvalue weighted by Crippen LogP contribution is 2.44. The Balaban J connectivity index is 1.16. The molecular formula is C73H72N4O4. The molecule has 9 aromatic carbocycles. The number of hydrogen-bond donors (Lipinski definition) is 4. The van der Waals surface area contributed by atoms with E-state index in [1.807, 2.05) is 121 Å². The number of rotatable bonds is 13. The van der Waals surface area contributed by atoms with Crippen LogP contribution in [0.3, 0.4) is 0 Å². The van der Waals surface area contributed by atoms with Gasteiger partial charge in [-0.3, -0.25) is 20.0 Å². The van der Waals surface area contributed by atoms with Crippen LogP contribution in [0.1, 0.15) is 127 Å². The van der Waals surface area contributed by atoms with Crippen LogP contribution < -0.4 is 0 Å². The minimum Gasteiger partial charge on any atom is -0.507 e. The monoisotopic (exact) mass is 1070 g/mol. The van der Waals surface area contributed by atoms with Gasteiger partial charge in [-0.05, 0) is 174 Å². The van der Waals surface area contributed by atoms with E-state index in [0.29, 0.717) is 22.3 Å². The van der Waals surface area contributed by atoms with Gasteiger partial charge in [-0.2, -0.15) is 0 Å². The zero-order chi connectivity index (χ0) is 57.8. The second kappa shape index (κ2) is 23.3. The van der Waals surface area contributed by atoms with Crippen LogP contribution in [0.4, 0.5) is 22.7 Å². The standard InChI is InChI=1S/C73H72N4O4/c1-46(2)59-20-12-16-51(67(59)78)42-74-55-32-24-47(25-33-55)60-40-62(49-28-36-57(37-29-49)76-44-53-18-14-22-65(69(53)80)72(6,7)8)63(50-30-38-58(39-31-50)77-45-54-19-15-23-66(70(54)81)73(9,10)11)41-61(60)48-26-34-56(35-27-48)75-43-52-17-13-21-64(68(52)79)71(3,4)5/h12-46,78-81H,1-11H3. The topological polar surface area (TPSA) is 130 Å². The predicted octanol–water partition coefficient (Wildman–Crippen LogP) is 19.2. The molecule has 0 saturated heterocycles. The normalized spacial score (nSPS) is 12.5. The fraction of sp³-hybridized carbons (Fsp3) is 0.205. The zero-order valence-corrected chi connectivity index (χ0v) is 48.3. The summed E-state index contributed by atoms with van der Waals surface area (Å²) in [6.45, 7) is 22.8. The lowest BCUT2D eigenvalue weighted by Gasteiger charge is -2.21. The van der Waals surface area contributed by atoms with E-state index in [-0.39, 0.29) is 45.2 Å². The number of para-hydroxylation sites is 4. The van der Waals surface area contributed by atoms with E-state index >= 15 is 0 Å². The Morgan fingerprint density at radius 2 is 0.543 bits per heavy atom. The maximum Gasteiger partial charge on any atom is 0.128 e. The molecule has 9 rings (SSSR count). The van der Waals surface area contributed by atoms with Gasteiger partial charge in [0.1, 0.15) is 23.0 Å². The Kier molecular flexibility index (Phi) is 16.3. The molecule has 408 valence electrons.